The Labute approximate surface area is 202 Å². The summed E-state index contributed by atoms with van der Waals surface area (Å²) in [5.74, 6) is 1.34. The number of carbonyl (C=O) groups excluding carboxylic acids is 1. The summed E-state index contributed by atoms with van der Waals surface area (Å²) in [6.45, 7) is 8.35. The summed E-state index contributed by atoms with van der Waals surface area (Å²) in [6.07, 6.45) is 8.57. The minimum Gasteiger partial charge on any atom is -0.480 e. The van der Waals surface area contributed by atoms with Gasteiger partial charge in [-0.05, 0) is 48.9 Å². The van der Waals surface area contributed by atoms with Crippen LogP contribution in [-0.2, 0) is 19.6 Å². The number of nitrogens with zero attached hydrogens (tertiary/aromatic N) is 2. The zero-order valence-electron chi connectivity index (χ0n) is 20.4. The van der Waals surface area contributed by atoms with E-state index in [0.717, 1.165) is 40.6 Å². The molecule has 188 valence electrons. The highest BCUT2D eigenvalue weighted by atomic mass is 32.2. The molecule has 10 heteroatoms. The van der Waals surface area contributed by atoms with Gasteiger partial charge in [0.25, 0.3) is 10.0 Å². The Morgan fingerprint density at radius 2 is 1.85 bits per heavy atom. The monoisotopic (exact) mass is 501 g/mol. The minimum atomic E-state index is -3.97. The first-order valence-corrected chi connectivity index (χ1v) is 14.1. The molecule has 1 heterocycles. The lowest BCUT2D eigenvalue weighted by molar-refractivity contribution is -0.137. The van der Waals surface area contributed by atoms with Crippen molar-refractivity contribution in [3.8, 4) is 0 Å². The Balaban J connectivity index is 2.04. The fourth-order valence-corrected chi connectivity index (χ4v) is 6.95. The molecule has 0 aromatic carbocycles. The average Bonchev–Trinajstić information content (AvgIpc) is 3.19. The SMILES string of the molecule is CC(C)CCC(CC(=O)Nc1ncc(S(=O)(=O)N(C)CC(=O)O)s1)C(C)C1CCC(C)CC1. The zero-order chi connectivity index (χ0) is 24.8. The van der Waals surface area contributed by atoms with Crippen LogP contribution >= 0.6 is 11.3 Å². The van der Waals surface area contributed by atoms with Crippen molar-refractivity contribution in [1.82, 2.24) is 9.29 Å². The van der Waals surface area contributed by atoms with Crippen molar-refractivity contribution in [1.29, 1.82) is 0 Å². The fourth-order valence-electron chi connectivity index (χ4n) is 4.57. The highest BCUT2D eigenvalue weighted by molar-refractivity contribution is 7.91. The summed E-state index contributed by atoms with van der Waals surface area (Å²) in [5.41, 5.74) is 0. The number of amides is 1. The second-order valence-electron chi connectivity index (χ2n) is 10.0. The number of likely N-dealkylation sites (N-methyl/N-ethyl adjacent to an activating group) is 1. The number of nitrogens with one attached hydrogen (secondary N) is 1. The van der Waals surface area contributed by atoms with Crippen LogP contribution in [0.3, 0.4) is 0 Å². The van der Waals surface area contributed by atoms with Gasteiger partial charge in [0.1, 0.15) is 6.54 Å². The molecular weight excluding hydrogens is 462 g/mol. The van der Waals surface area contributed by atoms with E-state index in [1.165, 1.54) is 32.7 Å². The molecule has 2 atom stereocenters. The number of thiazole rings is 1. The first-order chi connectivity index (χ1) is 15.4. The summed E-state index contributed by atoms with van der Waals surface area (Å²) in [6, 6.07) is 0. The van der Waals surface area contributed by atoms with Gasteiger partial charge in [0, 0.05) is 13.5 Å². The van der Waals surface area contributed by atoms with Gasteiger partial charge in [-0.25, -0.2) is 13.4 Å². The van der Waals surface area contributed by atoms with Gasteiger partial charge in [-0.15, -0.1) is 0 Å². The van der Waals surface area contributed by atoms with Crippen LogP contribution in [-0.4, -0.2) is 48.3 Å². The molecular formula is C23H39N3O5S2. The first-order valence-electron chi connectivity index (χ1n) is 11.8. The third-order valence-electron chi connectivity index (χ3n) is 6.86. The number of anilines is 1. The highest BCUT2D eigenvalue weighted by Gasteiger charge is 2.31. The Hall–Kier alpha value is -1.52. The largest absolute Gasteiger partial charge is 0.480 e. The van der Waals surface area contributed by atoms with Crippen molar-refractivity contribution in [3.05, 3.63) is 6.20 Å². The van der Waals surface area contributed by atoms with Crippen molar-refractivity contribution in [2.45, 2.75) is 76.8 Å². The predicted molar refractivity (Wildman–Crippen MR) is 131 cm³/mol. The Kier molecular flexibility index (Phi) is 10.3. The molecule has 0 saturated heterocycles. The van der Waals surface area contributed by atoms with E-state index in [-0.39, 0.29) is 21.2 Å². The first kappa shape index (κ1) is 27.7. The normalized spacial score (nSPS) is 21.2. The van der Waals surface area contributed by atoms with Crippen LogP contribution in [0.5, 0.6) is 0 Å². The summed E-state index contributed by atoms with van der Waals surface area (Å²) < 4.78 is 25.7. The third-order valence-corrected chi connectivity index (χ3v) is 10.0. The number of carbonyl (C=O) groups is 2. The van der Waals surface area contributed by atoms with Gasteiger partial charge in [-0.1, -0.05) is 58.3 Å². The topological polar surface area (TPSA) is 117 Å². The van der Waals surface area contributed by atoms with Gasteiger partial charge >= 0.3 is 5.97 Å². The van der Waals surface area contributed by atoms with E-state index in [0.29, 0.717) is 24.2 Å². The molecule has 2 N–H and O–H groups in total. The maximum Gasteiger partial charge on any atom is 0.318 e. The van der Waals surface area contributed by atoms with E-state index in [9.17, 15) is 18.0 Å². The van der Waals surface area contributed by atoms with Crippen molar-refractivity contribution in [3.63, 3.8) is 0 Å². The smallest absolute Gasteiger partial charge is 0.318 e. The molecule has 1 aromatic rings. The Morgan fingerprint density at radius 3 is 2.42 bits per heavy atom. The van der Waals surface area contributed by atoms with Gasteiger partial charge in [-0.2, -0.15) is 4.31 Å². The molecule has 0 spiro atoms. The molecule has 1 aliphatic carbocycles. The Bertz CT molecular complexity index is 892. The summed E-state index contributed by atoms with van der Waals surface area (Å²) in [7, 11) is -2.76. The van der Waals surface area contributed by atoms with Gasteiger partial charge in [0.2, 0.25) is 5.91 Å². The number of hydrogen-bond donors (Lipinski definition) is 2. The van der Waals surface area contributed by atoms with Crippen LogP contribution in [0.15, 0.2) is 10.4 Å². The number of aliphatic carboxylic acids is 1. The van der Waals surface area contributed by atoms with Crippen molar-refractivity contribution in [2.24, 2.45) is 29.6 Å². The predicted octanol–water partition coefficient (Wildman–Crippen LogP) is 4.69. The van der Waals surface area contributed by atoms with Crippen LogP contribution in [0, 0.1) is 29.6 Å². The van der Waals surface area contributed by atoms with E-state index in [4.69, 9.17) is 5.11 Å². The molecule has 0 radical (unpaired) electrons. The molecule has 8 nitrogen and oxygen atoms in total. The van der Waals surface area contributed by atoms with Gasteiger partial charge in [0.15, 0.2) is 9.34 Å². The number of carboxylic acid groups (broad SMARTS) is 1. The molecule has 1 aliphatic rings. The van der Waals surface area contributed by atoms with Gasteiger partial charge in [-0.3, -0.25) is 9.59 Å². The lowest BCUT2D eigenvalue weighted by atomic mass is 9.70. The average molecular weight is 502 g/mol. The van der Waals surface area contributed by atoms with Gasteiger partial charge in [0.05, 0.1) is 6.20 Å². The molecule has 1 fully saturated rings. The number of hydrogen-bond acceptors (Lipinski definition) is 6. The quantitative estimate of drug-likeness (QED) is 0.429. The number of sulfonamides is 1. The Morgan fingerprint density at radius 1 is 1.21 bits per heavy atom. The van der Waals surface area contributed by atoms with E-state index in [1.807, 2.05) is 0 Å². The van der Waals surface area contributed by atoms with Crippen LogP contribution in [0.2, 0.25) is 0 Å². The van der Waals surface area contributed by atoms with Gasteiger partial charge < -0.3 is 10.4 Å². The fraction of sp³-hybridized carbons (Fsp3) is 0.783. The van der Waals surface area contributed by atoms with E-state index in [2.05, 4.69) is 38.0 Å². The second-order valence-corrected chi connectivity index (χ2v) is 13.3. The van der Waals surface area contributed by atoms with E-state index < -0.39 is 22.5 Å². The summed E-state index contributed by atoms with van der Waals surface area (Å²) in [4.78, 5) is 27.8. The van der Waals surface area contributed by atoms with Crippen LogP contribution < -0.4 is 5.32 Å². The third kappa shape index (κ3) is 8.33. The van der Waals surface area contributed by atoms with E-state index in [1.54, 1.807) is 0 Å². The van der Waals surface area contributed by atoms with E-state index >= 15 is 0 Å². The number of carboxylic acids is 1. The lowest BCUT2D eigenvalue weighted by Gasteiger charge is -2.35. The molecule has 0 bridgehead atoms. The maximum atomic E-state index is 12.9. The summed E-state index contributed by atoms with van der Waals surface area (Å²) in [5, 5.41) is 11.8. The second kappa shape index (κ2) is 12.3. The lowest BCUT2D eigenvalue weighted by Crippen LogP contribution is -2.31. The molecule has 0 aliphatic heterocycles. The minimum absolute atomic E-state index is 0.0948. The molecule has 1 amide bonds. The van der Waals surface area contributed by atoms with Crippen molar-refractivity contribution < 1.29 is 23.1 Å². The molecule has 2 rings (SSSR count). The maximum absolute atomic E-state index is 12.9. The molecule has 33 heavy (non-hydrogen) atoms. The van der Waals surface area contributed by atoms with Crippen LogP contribution in [0.4, 0.5) is 5.13 Å². The number of aromatic nitrogens is 1. The van der Waals surface area contributed by atoms with Crippen molar-refractivity contribution in [2.75, 3.05) is 18.9 Å². The molecule has 2 unspecified atom stereocenters. The van der Waals surface area contributed by atoms with Crippen LogP contribution in [0.25, 0.3) is 0 Å². The van der Waals surface area contributed by atoms with Crippen molar-refractivity contribution >= 4 is 38.4 Å². The summed E-state index contributed by atoms with van der Waals surface area (Å²) >= 11 is 0.840. The zero-order valence-corrected chi connectivity index (χ0v) is 22.0. The number of rotatable bonds is 12. The standard InChI is InChI=1S/C23H39N3O5S2/c1-15(2)6-9-19(17(4)18-10-7-16(3)8-11-18)12-20(27)25-23-24-13-22(32-23)33(30,31)26(5)14-21(28)29/h13,15-19H,6-12,14H2,1-5H3,(H,28,29)(H,24,25,27). The molecule has 1 aromatic heterocycles. The van der Waals surface area contributed by atoms with Crippen LogP contribution in [0.1, 0.15) is 72.6 Å². The molecule has 1 saturated carbocycles. The highest BCUT2D eigenvalue weighted by Crippen LogP contribution is 2.39.